The molecule has 18 heavy (non-hydrogen) atoms. The molecule has 0 fully saturated rings. The fraction of sp³-hybridized carbons (Fsp3) is 0.643. The molecule has 0 unspecified atom stereocenters. The Bertz CT molecular complexity index is 351. The highest BCUT2D eigenvalue weighted by Gasteiger charge is 1.97. The van der Waals surface area contributed by atoms with Crippen molar-refractivity contribution in [3.63, 3.8) is 0 Å². The van der Waals surface area contributed by atoms with E-state index in [1.807, 2.05) is 5.38 Å². The van der Waals surface area contributed by atoms with Gasteiger partial charge in [0.1, 0.15) is 5.78 Å². The first-order valence-electron chi connectivity index (χ1n) is 6.60. The zero-order valence-electron chi connectivity index (χ0n) is 11.0. The van der Waals surface area contributed by atoms with Crippen LogP contribution in [0.15, 0.2) is 15.9 Å². The topological polar surface area (TPSA) is 31.2 Å². The van der Waals surface area contributed by atoms with Gasteiger partial charge < -0.3 is 10.1 Å². The van der Waals surface area contributed by atoms with E-state index >= 15 is 0 Å². The van der Waals surface area contributed by atoms with Crippen LogP contribution >= 0.6 is 27.3 Å². The van der Waals surface area contributed by atoms with Gasteiger partial charge in [-0.1, -0.05) is 39.2 Å². The number of Topliss-reactive ketones (excluding diaryl/α,β-unsaturated/α-hetero) is 1. The number of carbonyl (C=O) groups is 1. The molecule has 0 saturated carbocycles. The first-order valence-corrected chi connectivity index (χ1v) is 8.27. The SMILES string of the molecule is CCCCCCCC(=O)C[N-]Cc1cc(Br)cs1. The monoisotopic (exact) mass is 330 g/mol. The van der Waals surface area contributed by atoms with Crippen LogP contribution in [0.3, 0.4) is 0 Å². The summed E-state index contributed by atoms with van der Waals surface area (Å²) in [6, 6.07) is 2.06. The summed E-state index contributed by atoms with van der Waals surface area (Å²) >= 11 is 5.09. The summed E-state index contributed by atoms with van der Waals surface area (Å²) in [5.41, 5.74) is 0. The van der Waals surface area contributed by atoms with E-state index in [-0.39, 0.29) is 5.78 Å². The largest absolute Gasteiger partial charge is 0.652 e. The summed E-state index contributed by atoms with van der Waals surface area (Å²) in [5.74, 6) is 0.280. The fourth-order valence-corrected chi connectivity index (χ4v) is 3.13. The van der Waals surface area contributed by atoms with Crippen molar-refractivity contribution in [2.24, 2.45) is 0 Å². The van der Waals surface area contributed by atoms with Crippen molar-refractivity contribution in [2.75, 3.05) is 6.54 Å². The lowest BCUT2D eigenvalue weighted by Crippen LogP contribution is -2.03. The summed E-state index contributed by atoms with van der Waals surface area (Å²) in [4.78, 5) is 12.8. The van der Waals surface area contributed by atoms with Crippen molar-refractivity contribution >= 4 is 33.0 Å². The maximum absolute atomic E-state index is 11.6. The number of ketones is 1. The fourth-order valence-electron chi connectivity index (χ4n) is 1.73. The Hall–Kier alpha value is -0.190. The number of thiophene rings is 1. The van der Waals surface area contributed by atoms with Crippen molar-refractivity contribution in [3.05, 3.63) is 26.1 Å². The van der Waals surface area contributed by atoms with Crippen LogP contribution in [0.5, 0.6) is 0 Å². The average Bonchev–Trinajstić information content (AvgIpc) is 2.75. The second kappa shape index (κ2) is 9.70. The van der Waals surface area contributed by atoms with Crippen LogP contribution in [0, 0.1) is 0 Å². The van der Waals surface area contributed by atoms with Gasteiger partial charge in [-0.3, -0.25) is 0 Å². The third-order valence-corrected chi connectivity index (χ3v) is 4.42. The third kappa shape index (κ3) is 7.29. The van der Waals surface area contributed by atoms with Gasteiger partial charge in [0, 0.05) is 16.3 Å². The zero-order valence-corrected chi connectivity index (χ0v) is 13.4. The highest BCUT2D eigenvalue weighted by Crippen LogP contribution is 2.21. The van der Waals surface area contributed by atoms with Gasteiger partial charge in [-0.05, 0) is 33.3 Å². The van der Waals surface area contributed by atoms with Gasteiger partial charge in [0.25, 0.3) is 0 Å². The number of carbonyl (C=O) groups excluding carboxylic acids is 1. The van der Waals surface area contributed by atoms with Gasteiger partial charge >= 0.3 is 0 Å². The van der Waals surface area contributed by atoms with Crippen LogP contribution in [-0.4, -0.2) is 12.3 Å². The quantitative estimate of drug-likeness (QED) is 0.534. The normalized spacial score (nSPS) is 10.8. The lowest BCUT2D eigenvalue weighted by atomic mass is 10.1. The Morgan fingerprint density at radius 2 is 2.11 bits per heavy atom. The van der Waals surface area contributed by atoms with E-state index in [1.54, 1.807) is 11.3 Å². The smallest absolute Gasteiger partial charge is 0.112 e. The molecular formula is C14H21BrNOS-. The molecular weight excluding hydrogens is 310 g/mol. The van der Waals surface area contributed by atoms with E-state index in [0.717, 1.165) is 10.9 Å². The summed E-state index contributed by atoms with van der Waals surface area (Å²) in [6.45, 7) is 3.24. The molecule has 1 rings (SSSR count). The van der Waals surface area contributed by atoms with Crippen LogP contribution in [0.2, 0.25) is 0 Å². The van der Waals surface area contributed by atoms with Crippen LogP contribution in [0.1, 0.15) is 50.3 Å². The molecule has 0 amide bonds. The highest BCUT2D eigenvalue weighted by atomic mass is 79.9. The minimum absolute atomic E-state index is 0.280. The molecule has 1 aromatic rings. The van der Waals surface area contributed by atoms with Crippen LogP contribution in [-0.2, 0) is 11.3 Å². The van der Waals surface area contributed by atoms with Crippen molar-refractivity contribution in [3.8, 4) is 0 Å². The van der Waals surface area contributed by atoms with E-state index in [0.29, 0.717) is 19.5 Å². The molecule has 0 aliphatic rings. The van der Waals surface area contributed by atoms with Crippen LogP contribution < -0.4 is 0 Å². The van der Waals surface area contributed by atoms with Gasteiger partial charge in [0.2, 0.25) is 0 Å². The molecule has 102 valence electrons. The number of halogens is 1. The molecule has 0 N–H and O–H groups in total. The maximum Gasteiger partial charge on any atom is 0.112 e. The van der Waals surface area contributed by atoms with E-state index < -0.39 is 0 Å². The second-order valence-corrected chi connectivity index (χ2v) is 6.39. The first kappa shape index (κ1) is 15.9. The molecule has 0 aliphatic heterocycles. The third-order valence-electron chi connectivity index (χ3n) is 2.74. The van der Waals surface area contributed by atoms with Crippen LogP contribution in [0.4, 0.5) is 0 Å². The highest BCUT2D eigenvalue weighted by molar-refractivity contribution is 9.10. The standard InChI is InChI=1S/C14H21BrNOS/c1-2-3-4-5-6-7-13(17)9-16-10-14-8-12(15)11-18-14/h8,11H,2-7,9-10H2,1H3/q-1. The predicted octanol–water partition coefficient (Wildman–Crippen LogP) is 5.31. The van der Waals surface area contributed by atoms with E-state index in [2.05, 4.69) is 34.2 Å². The van der Waals surface area contributed by atoms with Crippen molar-refractivity contribution in [1.29, 1.82) is 0 Å². The molecule has 4 heteroatoms. The molecule has 0 bridgehead atoms. The number of hydrogen-bond acceptors (Lipinski definition) is 2. The summed E-state index contributed by atoms with van der Waals surface area (Å²) in [6.07, 6.45) is 6.69. The van der Waals surface area contributed by atoms with Crippen molar-refractivity contribution in [1.82, 2.24) is 0 Å². The Balaban J connectivity index is 2.00. The predicted molar refractivity (Wildman–Crippen MR) is 82.3 cm³/mol. The number of rotatable bonds is 10. The zero-order chi connectivity index (χ0) is 13.2. The summed E-state index contributed by atoms with van der Waals surface area (Å²) in [5, 5.41) is 6.35. The van der Waals surface area contributed by atoms with Gasteiger partial charge in [-0.2, -0.15) is 0 Å². The summed E-state index contributed by atoms with van der Waals surface area (Å²) < 4.78 is 1.10. The Morgan fingerprint density at radius 1 is 1.33 bits per heavy atom. The van der Waals surface area contributed by atoms with Gasteiger partial charge in [-0.15, -0.1) is 17.9 Å². The van der Waals surface area contributed by atoms with Gasteiger partial charge in [0.15, 0.2) is 0 Å². The molecule has 0 radical (unpaired) electrons. The second-order valence-electron chi connectivity index (χ2n) is 4.47. The Labute approximate surface area is 122 Å². The van der Waals surface area contributed by atoms with Gasteiger partial charge in [-0.25, -0.2) is 0 Å². The number of nitrogens with zero attached hydrogens (tertiary/aromatic N) is 1. The van der Waals surface area contributed by atoms with Crippen molar-refractivity contribution < 1.29 is 4.79 Å². The minimum atomic E-state index is 0.280. The Kier molecular flexibility index (Phi) is 8.55. The number of hydrogen-bond donors (Lipinski definition) is 0. The summed E-state index contributed by atoms with van der Waals surface area (Å²) in [7, 11) is 0. The number of unbranched alkanes of at least 4 members (excludes halogenated alkanes) is 4. The van der Waals surface area contributed by atoms with E-state index in [4.69, 9.17) is 0 Å². The van der Waals surface area contributed by atoms with Crippen LogP contribution in [0.25, 0.3) is 5.32 Å². The molecule has 0 saturated heterocycles. The lowest BCUT2D eigenvalue weighted by Gasteiger charge is -2.16. The molecule has 2 nitrogen and oxygen atoms in total. The van der Waals surface area contributed by atoms with Crippen molar-refractivity contribution in [2.45, 2.75) is 52.0 Å². The maximum atomic E-state index is 11.6. The molecule has 1 aromatic heterocycles. The Morgan fingerprint density at radius 3 is 2.78 bits per heavy atom. The molecule has 0 atom stereocenters. The van der Waals surface area contributed by atoms with E-state index in [1.165, 1.54) is 30.6 Å². The molecule has 1 heterocycles. The molecule has 0 aliphatic carbocycles. The van der Waals surface area contributed by atoms with E-state index in [9.17, 15) is 4.79 Å². The molecule has 0 aromatic carbocycles. The lowest BCUT2D eigenvalue weighted by molar-refractivity contribution is -0.117. The first-order chi connectivity index (χ1) is 8.72. The average molecular weight is 331 g/mol. The molecule has 0 spiro atoms. The van der Waals surface area contributed by atoms with Gasteiger partial charge in [0.05, 0.1) is 0 Å². The minimum Gasteiger partial charge on any atom is -0.652 e.